The number of aliphatic hydroxyl groups is 1. The van der Waals surface area contributed by atoms with Gasteiger partial charge < -0.3 is 14.6 Å². The largest absolute Gasteiger partial charge is 0.493 e. The van der Waals surface area contributed by atoms with Crippen LogP contribution >= 0.6 is 0 Å². The molecule has 0 saturated heterocycles. The molecule has 0 aromatic heterocycles. The van der Waals surface area contributed by atoms with Gasteiger partial charge in [0.1, 0.15) is 6.10 Å². The van der Waals surface area contributed by atoms with Crippen LogP contribution in [0.4, 0.5) is 8.78 Å². The van der Waals surface area contributed by atoms with E-state index in [1.165, 1.54) is 25.3 Å². The van der Waals surface area contributed by atoms with E-state index in [0.29, 0.717) is 5.56 Å². The molecule has 0 aliphatic rings. The van der Waals surface area contributed by atoms with Gasteiger partial charge >= 0.3 is 6.61 Å². The third kappa shape index (κ3) is 2.84. The van der Waals surface area contributed by atoms with E-state index in [2.05, 4.69) is 10.7 Å². The molecule has 1 rings (SSSR count). The average Bonchev–Trinajstić information content (AvgIpc) is 2.27. The average molecular weight is 228 g/mol. The number of terminal acetylenes is 1. The van der Waals surface area contributed by atoms with Crippen molar-refractivity contribution in [3.05, 3.63) is 23.8 Å². The Bertz CT molecular complexity index is 399. The minimum absolute atomic E-state index is 0.147. The third-order valence-corrected chi connectivity index (χ3v) is 1.88. The first-order valence-electron chi connectivity index (χ1n) is 4.35. The molecule has 1 aromatic rings. The van der Waals surface area contributed by atoms with Crippen molar-refractivity contribution in [1.29, 1.82) is 0 Å². The Morgan fingerprint density at radius 2 is 2.06 bits per heavy atom. The fourth-order valence-corrected chi connectivity index (χ4v) is 1.15. The third-order valence-electron chi connectivity index (χ3n) is 1.88. The first kappa shape index (κ1) is 12.3. The number of alkyl halides is 2. The number of hydrogen-bond acceptors (Lipinski definition) is 3. The zero-order valence-corrected chi connectivity index (χ0v) is 8.48. The molecule has 1 N–H and O–H groups in total. The van der Waals surface area contributed by atoms with E-state index in [0.717, 1.165) is 0 Å². The summed E-state index contributed by atoms with van der Waals surface area (Å²) >= 11 is 0. The molecule has 1 aromatic carbocycles. The first-order valence-corrected chi connectivity index (χ1v) is 4.35. The molecule has 0 bridgehead atoms. The predicted octanol–water partition coefficient (Wildman–Crippen LogP) is 1.96. The zero-order chi connectivity index (χ0) is 12.1. The summed E-state index contributed by atoms with van der Waals surface area (Å²) in [5.41, 5.74) is 0.291. The van der Waals surface area contributed by atoms with E-state index < -0.39 is 12.7 Å². The van der Waals surface area contributed by atoms with E-state index in [1.54, 1.807) is 0 Å². The Morgan fingerprint density at radius 3 is 2.56 bits per heavy atom. The lowest BCUT2D eigenvalue weighted by atomic mass is 10.1. The maximum absolute atomic E-state index is 12.1. The predicted molar refractivity (Wildman–Crippen MR) is 53.4 cm³/mol. The Morgan fingerprint density at radius 1 is 1.38 bits per heavy atom. The lowest BCUT2D eigenvalue weighted by Crippen LogP contribution is -2.04. The van der Waals surface area contributed by atoms with Crippen LogP contribution in [-0.4, -0.2) is 18.8 Å². The van der Waals surface area contributed by atoms with E-state index >= 15 is 0 Å². The maximum Gasteiger partial charge on any atom is 0.387 e. The van der Waals surface area contributed by atoms with Crippen molar-refractivity contribution in [3.63, 3.8) is 0 Å². The number of hydrogen-bond donors (Lipinski definition) is 1. The van der Waals surface area contributed by atoms with Crippen LogP contribution < -0.4 is 9.47 Å². The molecule has 0 radical (unpaired) electrons. The van der Waals surface area contributed by atoms with Crippen molar-refractivity contribution in [1.82, 2.24) is 0 Å². The van der Waals surface area contributed by atoms with E-state index in [4.69, 9.17) is 11.2 Å². The lowest BCUT2D eigenvalue weighted by molar-refractivity contribution is -0.0513. The van der Waals surface area contributed by atoms with Crippen molar-refractivity contribution in [3.8, 4) is 23.8 Å². The van der Waals surface area contributed by atoms with Crippen LogP contribution in [0.2, 0.25) is 0 Å². The monoisotopic (exact) mass is 228 g/mol. The minimum atomic E-state index is -2.97. The van der Waals surface area contributed by atoms with Crippen molar-refractivity contribution in [2.24, 2.45) is 0 Å². The molecule has 16 heavy (non-hydrogen) atoms. The molecule has 5 heteroatoms. The SMILES string of the molecule is C#CC(O)c1ccc(OC)c(OC(F)F)c1. The Balaban J connectivity index is 3.06. The van der Waals surface area contributed by atoms with Crippen LogP contribution in [0.5, 0.6) is 11.5 Å². The molecule has 0 spiro atoms. The number of benzene rings is 1. The summed E-state index contributed by atoms with van der Waals surface area (Å²) in [4.78, 5) is 0. The second kappa shape index (κ2) is 5.33. The molecule has 1 atom stereocenters. The summed E-state index contributed by atoms with van der Waals surface area (Å²) in [7, 11) is 1.32. The number of ether oxygens (including phenoxy) is 2. The molecule has 1 unspecified atom stereocenters. The first-order chi connectivity index (χ1) is 7.58. The minimum Gasteiger partial charge on any atom is -0.493 e. The van der Waals surface area contributed by atoms with Gasteiger partial charge in [0, 0.05) is 0 Å². The topological polar surface area (TPSA) is 38.7 Å². The number of methoxy groups -OCH3 is 1. The quantitative estimate of drug-likeness (QED) is 0.800. The molecule has 0 aliphatic carbocycles. The van der Waals surface area contributed by atoms with Crippen molar-refractivity contribution in [2.75, 3.05) is 7.11 Å². The van der Waals surface area contributed by atoms with Gasteiger partial charge in [-0.05, 0) is 17.7 Å². The Hall–Kier alpha value is -1.80. The van der Waals surface area contributed by atoms with Gasteiger partial charge in [0.2, 0.25) is 0 Å². The molecule has 3 nitrogen and oxygen atoms in total. The van der Waals surface area contributed by atoms with E-state index in [1.807, 2.05) is 0 Å². The van der Waals surface area contributed by atoms with Crippen LogP contribution in [0.25, 0.3) is 0 Å². The zero-order valence-electron chi connectivity index (χ0n) is 8.48. The number of halogens is 2. The fourth-order valence-electron chi connectivity index (χ4n) is 1.15. The molecule has 0 fully saturated rings. The van der Waals surface area contributed by atoms with Crippen molar-refractivity contribution in [2.45, 2.75) is 12.7 Å². The normalized spacial score (nSPS) is 12.0. The van der Waals surface area contributed by atoms with E-state index in [9.17, 15) is 13.9 Å². The van der Waals surface area contributed by atoms with Crippen LogP contribution in [0.15, 0.2) is 18.2 Å². The Labute approximate surface area is 91.6 Å². The fraction of sp³-hybridized carbons (Fsp3) is 0.273. The molecule has 86 valence electrons. The molecular weight excluding hydrogens is 218 g/mol. The highest BCUT2D eigenvalue weighted by atomic mass is 19.3. The van der Waals surface area contributed by atoms with Gasteiger partial charge in [0.05, 0.1) is 7.11 Å². The van der Waals surface area contributed by atoms with Crippen molar-refractivity contribution >= 4 is 0 Å². The highest BCUT2D eigenvalue weighted by Crippen LogP contribution is 2.31. The summed E-state index contributed by atoms with van der Waals surface area (Å²) in [6, 6.07) is 4.09. The van der Waals surface area contributed by atoms with E-state index in [-0.39, 0.29) is 11.5 Å². The van der Waals surface area contributed by atoms with Gasteiger partial charge in [0.15, 0.2) is 11.5 Å². The van der Waals surface area contributed by atoms with Gasteiger partial charge in [0.25, 0.3) is 0 Å². The smallest absolute Gasteiger partial charge is 0.387 e. The van der Waals surface area contributed by atoms with Gasteiger partial charge in [-0.3, -0.25) is 0 Å². The second-order valence-corrected chi connectivity index (χ2v) is 2.86. The van der Waals surface area contributed by atoms with Crippen LogP contribution in [0, 0.1) is 12.3 Å². The van der Waals surface area contributed by atoms with Crippen LogP contribution in [0.3, 0.4) is 0 Å². The van der Waals surface area contributed by atoms with Gasteiger partial charge in [-0.1, -0.05) is 12.0 Å². The standard InChI is InChI=1S/C11H10F2O3/c1-3-8(14)7-4-5-9(15-2)10(6-7)16-11(12)13/h1,4-6,8,11,14H,2H3. The van der Waals surface area contributed by atoms with Gasteiger partial charge in [-0.15, -0.1) is 6.42 Å². The van der Waals surface area contributed by atoms with Crippen LogP contribution in [0.1, 0.15) is 11.7 Å². The maximum atomic E-state index is 12.1. The highest BCUT2D eigenvalue weighted by Gasteiger charge is 2.13. The van der Waals surface area contributed by atoms with Crippen molar-refractivity contribution < 1.29 is 23.4 Å². The number of aliphatic hydroxyl groups excluding tert-OH is 1. The number of rotatable bonds is 4. The molecule has 0 aliphatic heterocycles. The van der Waals surface area contributed by atoms with Crippen LogP contribution in [-0.2, 0) is 0 Å². The molecule has 0 amide bonds. The molecule has 0 saturated carbocycles. The Kier molecular flexibility index (Phi) is 4.09. The summed E-state index contributed by atoms with van der Waals surface area (Å²) in [5.74, 6) is 2.05. The summed E-state index contributed by atoms with van der Waals surface area (Å²) in [6.07, 6.45) is 3.84. The molecule has 0 heterocycles. The second-order valence-electron chi connectivity index (χ2n) is 2.86. The summed E-state index contributed by atoms with van der Waals surface area (Å²) in [5, 5.41) is 9.33. The lowest BCUT2D eigenvalue weighted by Gasteiger charge is -2.12. The summed E-state index contributed by atoms with van der Waals surface area (Å²) < 4.78 is 33.2. The highest BCUT2D eigenvalue weighted by molar-refractivity contribution is 5.44. The molecular formula is C11H10F2O3. The van der Waals surface area contributed by atoms with Gasteiger partial charge in [-0.2, -0.15) is 8.78 Å². The van der Waals surface area contributed by atoms with Gasteiger partial charge in [-0.25, -0.2) is 0 Å². The summed E-state index contributed by atoms with van der Waals surface area (Å²) in [6.45, 7) is -2.97.